The van der Waals surface area contributed by atoms with E-state index in [2.05, 4.69) is 41.5 Å². The molecule has 4 atom stereocenters. The molecule has 0 aliphatic heterocycles. The molecule has 0 aromatic carbocycles. The summed E-state index contributed by atoms with van der Waals surface area (Å²) < 4.78 is 0. The van der Waals surface area contributed by atoms with Crippen molar-refractivity contribution in [3.05, 3.63) is 14.9 Å². The Morgan fingerprint density at radius 2 is 1.16 bits per heavy atom. The van der Waals surface area contributed by atoms with Crippen LogP contribution in [-0.4, -0.2) is 23.6 Å². The first-order chi connectivity index (χ1) is 10.5. The fourth-order valence-electron chi connectivity index (χ4n) is 4.40. The van der Waals surface area contributed by atoms with Crippen molar-refractivity contribution in [3.8, 4) is 0 Å². The predicted molar refractivity (Wildman–Crippen MR) is 123 cm³/mol. The van der Waals surface area contributed by atoms with Crippen LogP contribution in [0.25, 0.3) is 0 Å². The van der Waals surface area contributed by atoms with Gasteiger partial charge in [0.05, 0.1) is 0 Å². The van der Waals surface area contributed by atoms with Crippen molar-refractivity contribution in [3.63, 3.8) is 0 Å². The molecule has 1 fully saturated rings. The third-order valence-corrected chi connectivity index (χ3v) is 9.37. The molecule has 0 bridgehead atoms. The second-order valence-electron chi connectivity index (χ2n) is 8.20. The minimum Gasteiger partial charge on any atom is -0.358 e. The molecule has 1 aliphatic carbocycles. The van der Waals surface area contributed by atoms with Crippen molar-refractivity contribution in [2.24, 2.45) is 17.3 Å². The molecule has 0 aromatic heterocycles. The number of hydrogen-bond donors (Lipinski definition) is 0. The van der Waals surface area contributed by atoms with Crippen molar-refractivity contribution in [1.82, 2.24) is 0 Å². The minimum absolute atomic E-state index is 0. The van der Waals surface area contributed by atoms with Gasteiger partial charge in [-0.3, -0.25) is 0 Å². The van der Waals surface area contributed by atoms with Gasteiger partial charge in [0.25, 0.3) is 0 Å². The molecule has 4 unspecified atom stereocenters. The van der Waals surface area contributed by atoms with Crippen molar-refractivity contribution in [2.45, 2.75) is 97.8 Å². The van der Waals surface area contributed by atoms with E-state index < -0.39 is 0 Å². The average molecular weight is 422 g/mol. The topological polar surface area (TPSA) is 0 Å². The van der Waals surface area contributed by atoms with Crippen molar-refractivity contribution in [1.29, 1.82) is 0 Å². The van der Waals surface area contributed by atoms with Gasteiger partial charge in [-0.05, 0) is 73.0 Å². The first-order valence-corrected chi connectivity index (χ1v) is 12.5. The molecule has 0 amide bonds. The van der Waals surface area contributed by atoms with E-state index in [9.17, 15) is 0 Å². The molecule has 3 heteroatoms. The maximum Gasteiger partial charge on any atom is 2.00 e. The van der Waals surface area contributed by atoms with Crippen LogP contribution in [0.15, 0.2) is 0 Å². The fourth-order valence-corrected chi connectivity index (χ4v) is 8.52. The first-order valence-electron chi connectivity index (χ1n) is 9.93. The summed E-state index contributed by atoms with van der Waals surface area (Å²) in [4.78, 5) is 0. The molecule has 0 nitrogen and oxygen atoms in total. The molecule has 1 saturated carbocycles. The van der Waals surface area contributed by atoms with Crippen LogP contribution in [0.5, 0.6) is 0 Å². The smallest absolute Gasteiger partial charge is 0.358 e. The molecule has 0 N–H and O–H groups in total. The van der Waals surface area contributed by atoms with Crippen LogP contribution < -0.4 is 0 Å². The Morgan fingerprint density at radius 3 is 1.44 bits per heavy atom. The summed E-state index contributed by atoms with van der Waals surface area (Å²) in [6.07, 6.45) is 13.3. The van der Waals surface area contributed by atoms with Crippen LogP contribution in [0, 0.1) is 32.1 Å². The second-order valence-corrected chi connectivity index (χ2v) is 11.6. The van der Waals surface area contributed by atoms with E-state index in [1.54, 1.807) is 6.42 Å². The Morgan fingerprint density at radius 1 is 0.800 bits per heavy atom. The van der Waals surface area contributed by atoms with E-state index in [1.165, 1.54) is 68.0 Å². The summed E-state index contributed by atoms with van der Waals surface area (Å²) in [5, 5.41) is 0. The zero-order valence-electron chi connectivity index (χ0n) is 18.7. The van der Waals surface area contributed by atoms with Gasteiger partial charge >= 0.3 is 21.7 Å². The van der Waals surface area contributed by atoms with Gasteiger partial charge in [-0.25, -0.2) is 0 Å². The standard InChI is InChI=1S/C20H42P2.2CH3.Ti/c1-7-9-11-21-18-13-19(22-12-10-8-2)15-20(14-18,16(3)4)17(5)6;;;/h16-19,21-22H,7-15H2,1-6H3;2*1H3;/q;2*-1;+2. The number of rotatable bonds is 10. The van der Waals surface area contributed by atoms with Crippen molar-refractivity contribution >= 4 is 17.2 Å². The van der Waals surface area contributed by atoms with Gasteiger partial charge in [-0.2, -0.15) is 0 Å². The molecule has 1 rings (SSSR count). The monoisotopic (exact) mass is 422 g/mol. The predicted octanol–water partition coefficient (Wildman–Crippen LogP) is 8.06. The van der Waals surface area contributed by atoms with E-state index in [4.69, 9.17) is 0 Å². The van der Waals surface area contributed by atoms with Gasteiger partial charge < -0.3 is 14.9 Å². The van der Waals surface area contributed by atoms with Gasteiger partial charge in [0.1, 0.15) is 0 Å². The molecule has 0 saturated heterocycles. The molecule has 0 radical (unpaired) electrons. The Labute approximate surface area is 180 Å². The molecule has 0 heterocycles. The van der Waals surface area contributed by atoms with E-state index in [-0.39, 0.29) is 36.6 Å². The normalized spacial score (nSPS) is 23.0. The quantitative estimate of drug-likeness (QED) is 0.145. The van der Waals surface area contributed by atoms with Crippen LogP contribution in [0.1, 0.15) is 86.5 Å². The third kappa shape index (κ3) is 10.1. The third-order valence-electron chi connectivity index (χ3n) is 6.05. The minimum atomic E-state index is 0. The Balaban J connectivity index is -0.00000161. The summed E-state index contributed by atoms with van der Waals surface area (Å²) in [6, 6.07) is 0. The summed E-state index contributed by atoms with van der Waals surface area (Å²) in [6.45, 7) is 14.7. The second kappa shape index (κ2) is 16.5. The zero-order chi connectivity index (χ0) is 16.6. The van der Waals surface area contributed by atoms with Gasteiger partial charge in [-0.1, -0.05) is 54.4 Å². The average Bonchev–Trinajstić information content (AvgIpc) is 2.47. The molecule has 0 aromatic rings. The number of unbranched alkanes of at least 4 members (excludes halogenated alkanes) is 2. The summed E-state index contributed by atoms with van der Waals surface area (Å²) in [7, 11) is 2.47. The molecule has 25 heavy (non-hydrogen) atoms. The Bertz CT molecular complexity index is 264. The fraction of sp³-hybridized carbons (Fsp3) is 0.909. The van der Waals surface area contributed by atoms with E-state index in [1.807, 2.05) is 0 Å². The van der Waals surface area contributed by atoms with Crippen molar-refractivity contribution in [2.75, 3.05) is 12.3 Å². The van der Waals surface area contributed by atoms with Crippen LogP contribution in [0.4, 0.5) is 0 Å². The first kappa shape index (κ1) is 31.3. The van der Waals surface area contributed by atoms with Gasteiger partial charge in [0, 0.05) is 0 Å². The molecule has 150 valence electrons. The van der Waals surface area contributed by atoms with Gasteiger partial charge in [0.15, 0.2) is 0 Å². The van der Waals surface area contributed by atoms with Crippen LogP contribution in [0.3, 0.4) is 0 Å². The summed E-state index contributed by atoms with van der Waals surface area (Å²) in [5.74, 6) is 1.70. The number of hydrogen-bond acceptors (Lipinski definition) is 0. The van der Waals surface area contributed by atoms with E-state index >= 15 is 0 Å². The molecular formula is C22H48P2Ti. The van der Waals surface area contributed by atoms with E-state index in [0.717, 1.165) is 23.2 Å². The van der Waals surface area contributed by atoms with Gasteiger partial charge in [-0.15, -0.1) is 17.2 Å². The maximum absolute atomic E-state index is 2.50. The SMILES string of the molecule is CCCCPC1CC(PCCCC)CC(C(C)C)(C(C)C)C1.[CH3-].[CH3-].[Ti+2]. The van der Waals surface area contributed by atoms with Crippen LogP contribution >= 0.6 is 17.2 Å². The Kier molecular flexibility index (Phi) is 20.7. The zero-order valence-corrected chi connectivity index (χ0v) is 22.2. The molecule has 1 aliphatic rings. The van der Waals surface area contributed by atoms with Crippen LogP contribution in [-0.2, 0) is 21.7 Å². The van der Waals surface area contributed by atoms with Gasteiger partial charge in [0.2, 0.25) is 0 Å². The van der Waals surface area contributed by atoms with Crippen LogP contribution in [0.2, 0.25) is 0 Å². The largest absolute Gasteiger partial charge is 2.00 e. The Hall–Kier alpha value is 1.57. The molecular weight excluding hydrogens is 374 g/mol. The maximum atomic E-state index is 2.50. The summed E-state index contributed by atoms with van der Waals surface area (Å²) in [5.41, 5.74) is 2.72. The van der Waals surface area contributed by atoms with E-state index in [0.29, 0.717) is 5.41 Å². The summed E-state index contributed by atoms with van der Waals surface area (Å²) >= 11 is 0. The van der Waals surface area contributed by atoms with Crippen molar-refractivity contribution < 1.29 is 21.7 Å². The molecule has 0 spiro atoms.